The molecule has 1 aromatic carbocycles. The van der Waals surface area contributed by atoms with E-state index in [2.05, 4.69) is 48.7 Å². The molecule has 1 heteroatoms. The first-order valence-corrected chi connectivity index (χ1v) is 8.37. The van der Waals surface area contributed by atoms with E-state index in [1.807, 2.05) is 0 Å². The molecule has 1 aliphatic carbocycles. The summed E-state index contributed by atoms with van der Waals surface area (Å²) in [7, 11) is 0. The topological polar surface area (TPSA) is 12.0 Å². The molecule has 3 atom stereocenters. The van der Waals surface area contributed by atoms with Crippen LogP contribution in [0.3, 0.4) is 0 Å². The van der Waals surface area contributed by atoms with Gasteiger partial charge in [0.1, 0.15) is 0 Å². The Labute approximate surface area is 123 Å². The minimum Gasteiger partial charge on any atom is -0.310 e. The molecular formula is C19H27N. The van der Waals surface area contributed by atoms with Gasteiger partial charge in [-0.05, 0) is 55.2 Å². The maximum Gasteiger partial charge on any atom is 0.0284 e. The molecule has 1 aromatic rings. The van der Waals surface area contributed by atoms with E-state index >= 15 is 0 Å². The van der Waals surface area contributed by atoms with Crippen LogP contribution in [0.15, 0.2) is 30.3 Å². The number of nitrogens with one attached hydrogen (secondary N) is 1. The Morgan fingerprint density at radius 3 is 2.85 bits per heavy atom. The Hall–Kier alpha value is -1.08. The Bertz CT molecular complexity index is 445. The predicted molar refractivity (Wildman–Crippen MR) is 86.7 cm³/mol. The monoisotopic (exact) mass is 269 g/mol. The molecule has 1 N–H and O–H groups in total. The standard InChI is InChI=1S/C19H27N/c1-2-3-5-15-8-10-16(11-9-15)12-13-19-18-7-4-6-17(18)14-20-19/h8-13,17-20H,2-7,14H2,1H3/b13-12+. The third-order valence-corrected chi connectivity index (χ3v) is 5.09. The normalized spacial score (nSPS) is 29.1. The summed E-state index contributed by atoms with van der Waals surface area (Å²) in [4.78, 5) is 0. The molecular weight excluding hydrogens is 242 g/mol. The molecule has 1 heterocycles. The van der Waals surface area contributed by atoms with Crippen molar-refractivity contribution in [2.75, 3.05) is 6.54 Å². The van der Waals surface area contributed by atoms with Crippen LogP contribution in [-0.4, -0.2) is 12.6 Å². The van der Waals surface area contributed by atoms with Crippen LogP contribution in [0.1, 0.15) is 50.2 Å². The van der Waals surface area contributed by atoms with Gasteiger partial charge >= 0.3 is 0 Å². The molecule has 20 heavy (non-hydrogen) atoms. The number of unbranched alkanes of at least 4 members (excludes halogenated alkanes) is 1. The summed E-state index contributed by atoms with van der Waals surface area (Å²) in [6, 6.07) is 9.72. The summed E-state index contributed by atoms with van der Waals surface area (Å²) in [5.74, 6) is 1.84. The van der Waals surface area contributed by atoms with Crippen LogP contribution in [0.5, 0.6) is 0 Å². The third-order valence-electron chi connectivity index (χ3n) is 5.09. The molecule has 1 saturated carbocycles. The second-order valence-electron chi connectivity index (χ2n) is 6.49. The van der Waals surface area contributed by atoms with Gasteiger partial charge in [-0.15, -0.1) is 0 Å². The van der Waals surface area contributed by atoms with Gasteiger partial charge in [0, 0.05) is 6.04 Å². The first kappa shape index (κ1) is 13.9. The van der Waals surface area contributed by atoms with Crippen molar-refractivity contribution in [3.63, 3.8) is 0 Å². The van der Waals surface area contributed by atoms with Crippen LogP contribution >= 0.6 is 0 Å². The highest BCUT2D eigenvalue weighted by Gasteiger charge is 2.37. The summed E-state index contributed by atoms with van der Waals surface area (Å²) >= 11 is 0. The first-order valence-electron chi connectivity index (χ1n) is 8.37. The Kier molecular flexibility index (Phi) is 4.57. The average Bonchev–Trinajstić information content (AvgIpc) is 3.08. The van der Waals surface area contributed by atoms with E-state index in [1.165, 1.54) is 56.2 Å². The molecule has 0 radical (unpaired) electrons. The largest absolute Gasteiger partial charge is 0.310 e. The molecule has 108 valence electrons. The fourth-order valence-electron chi connectivity index (χ4n) is 3.83. The Morgan fingerprint density at radius 1 is 1.20 bits per heavy atom. The summed E-state index contributed by atoms with van der Waals surface area (Å²) < 4.78 is 0. The minimum absolute atomic E-state index is 0.613. The lowest BCUT2D eigenvalue weighted by Gasteiger charge is -2.13. The molecule has 1 nitrogen and oxygen atoms in total. The molecule has 2 aliphatic rings. The number of aryl methyl sites for hydroxylation is 1. The van der Waals surface area contributed by atoms with E-state index in [1.54, 1.807) is 0 Å². The number of hydrogen-bond acceptors (Lipinski definition) is 1. The van der Waals surface area contributed by atoms with Crippen LogP contribution in [-0.2, 0) is 6.42 Å². The fraction of sp³-hybridized carbons (Fsp3) is 0.579. The second kappa shape index (κ2) is 6.58. The van der Waals surface area contributed by atoms with Crippen molar-refractivity contribution in [2.45, 2.75) is 51.5 Å². The molecule has 1 aliphatic heterocycles. The summed E-state index contributed by atoms with van der Waals surface area (Å²) in [6.07, 6.45) is 12.8. The van der Waals surface area contributed by atoms with Crippen LogP contribution in [0.2, 0.25) is 0 Å². The minimum atomic E-state index is 0.613. The summed E-state index contributed by atoms with van der Waals surface area (Å²) in [5, 5.41) is 3.68. The van der Waals surface area contributed by atoms with Crippen molar-refractivity contribution in [3.05, 3.63) is 41.5 Å². The lowest BCUT2D eigenvalue weighted by atomic mass is 9.93. The quantitative estimate of drug-likeness (QED) is 0.834. The van der Waals surface area contributed by atoms with Gasteiger partial charge in [-0.25, -0.2) is 0 Å². The van der Waals surface area contributed by atoms with Crippen molar-refractivity contribution >= 4 is 6.08 Å². The lowest BCUT2D eigenvalue weighted by molar-refractivity contribution is 0.456. The van der Waals surface area contributed by atoms with E-state index in [-0.39, 0.29) is 0 Å². The van der Waals surface area contributed by atoms with Crippen molar-refractivity contribution < 1.29 is 0 Å². The lowest BCUT2D eigenvalue weighted by Crippen LogP contribution is -2.23. The van der Waals surface area contributed by atoms with Crippen molar-refractivity contribution in [1.29, 1.82) is 0 Å². The fourth-order valence-corrected chi connectivity index (χ4v) is 3.83. The zero-order valence-electron chi connectivity index (χ0n) is 12.6. The molecule has 3 rings (SSSR count). The number of benzene rings is 1. The molecule has 2 fully saturated rings. The maximum atomic E-state index is 3.68. The highest BCUT2D eigenvalue weighted by atomic mass is 15.0. The SMILES string of the molecule is CCCCc1ccc(/C=C/C2NCC3CCCC32)cc1. The molecule has 3 unspecified atom stereocenters. The van der Waals surface area contributed by atoms with Crippen molar-refractivity contribution in [2.24, 2.45) is 11.8 Å². The molecule has 0 spiro atoms. The molecule has 0 aromatic heterocycles. The average molecular weight is 269 g/mol. The van der Waals surface area contributed by atoms with Gasteiger partial charge in [0.15, 0.2) is 0 Å². The zero-order valence-corrected chi connectivity index (χ0v) is 12.6. The number of rotatable bonds is 5. The van der Waals surface area contributed by atoms with Crippen LogP contribution in [0.4, 0.5) is 0 Å². The zero-order chi connectivity index (χ0) is 13.8. The van der Waals surface area contributed by atoms with Crippen molar-refractivity contribution in [3.8, 4) is 0 Å². The number of fused-ring (bicyclic) bond motifs is 1. The van der Waals surface area contributed by atoms with Crippen LogP contribution in [0, 0.1) is 11.8 Å². The van der Waals surface area contributed by atoms with E-state index in [4.69, 9.17) is 0 Å². The predicted octanol–water partition coefficient (Wildman–Crippen LogP) is 4.43. The summed E-state index contributed by atoms with van der Waals surface area (Å²) in [6.45, 7) is 3.48. The van der Waals surface area contributed by atoms with Crippen LogP contribution < -0.4 is 5.32 Å². The van der Waals surface area contributed by atoms with Gasteiger partial charge in [0.25, 0.3) is 0 Å². The number of hydrogen-bond donors (Lipinski definition) is 1. The third kappa shape index (κ3) is 3.15. The van der Waals surface area contributed by atoms with Gasteiger partial charge < -0.3 is 5.32 Å². The van der Waals surface area contributed by atoms with Crippen molar-refractivity contribution in [1.82, 2.24) is 5.32 Å². The van der Waals surface area contributed by atoms with E-state index < -0.39 is 0 Å². The second-order valence-corrected chi connectivity index (χ2v) is 6.49. The Balaban J connectivity index is 1.58. The highest BCUT2D eigenvalue weighted by molar-refractivity contribution is 5.50. The molecule has 0 amide bonds. The van der Waals surface area contributed by atoms with Gasteiger partial charge in [0.05, 0.1) is 0 Å². The van der Waals surface area contributed by atoms with E-state index in [0.717, 1.165) is 11.8 Å². The smallest absolute Gasteiger partial charge is 0.0284 e. The van der Waals surface area contributed by atoms with Gasteiger partial charge in [-0.1, -0.05) is 56.2 Å². The van der Waals surface area contributed by atoms with E-state index in [9.17, 15) is 0 Å². The van der Waals surface area contributed by atoms with Gasteiger partial charge in [-0.2, -0.15) is 0 Å². The van der Waals surface area contributed by atoms with Gasteiger partial charge in [-0.3, -0.25) is 0 Å². The van der Waals surface area contributed by atoms with Gasteiger partial charge in [0.2, 0.25) is 0 Å². The maximum absolute atomic E-state index is 3.68. The van der Waals surface area contributed by atoms with Crippen LogP contribution in [0.25, 0.3) is 6.08 Å². The molecule has 1 saturated heterocycles. The first-order chi connectivity index (χ1) is 9.86. The van der Waals surface area contributed by atoms with E-state index in [0.29, 0.717) is 6.04 Å². The molecule has 0 bridgehead atoms. The summed E-state index contributed by atoms with van der Waals surface area (Å²) in [5.41, 5.74) is 2.81. The Morgan fingerprint density at radius 2 is 2.05 bits per heavy atom. The highest BCUT2D eigenvalue weighted by Crippen LogP contribution is 2.38.